The van der Waals surface area contributed by atoms with Gasteiger partial charge in [-0.05, 0) is 51.0 Å². The fraction of sp³-hybridized carbons (Fsp3) is 0.375. The number of fused-ring (bicyclic) bond motifs is 3. The van der Waals surface area contributed by atoms with E-state index in [0.29, 0.717) is 6.54 Å². The number of anilines is 1. The van der Waals surface area contributed by atoms with Crippen molar-refractivity contribution in [2.24, 2.45) is 0 Å². The molecule has 104 valence electrons. The Hall–Kier alpha value is -2.10. The molecule has 2 heterocycles. The molecule has 0 radical (unpaired) electrons. The maximum absolute atomic E-state index is 12.2. The lowest BCUT2D eigenvalue weighted by atomic mass is 10.1. The zero-order chi connectivity index (χ0) is 14.3. The van der Waals surface area contributed by atoms with Crippen LogP contribution < -0.4 is 4.90 Å². The van der Waals surface area contributed by atoms with Crippen LogP contribution in [0, 0.1) is 0 Å². The van der Waals surface area contributed by atoms with Crippen LogP contribution >= 0.6 is 0 Å². The van der Waals surface area contributed by atoms with Crippen LogP contribution in [0.25, 0.3) is 10.9 Å². The van der Waals surface area contributed by atoms with Gasteiger partial charge in [0.05, 0.1) is 11.2 Å². The fourth-order valence-corrected chi connectivity index (χ4v) is 2.57. The van der Waals surface area contributed by atoms with Gasteiger partial charge in [-0.2, -0.15) is 0 Å². The Bertz CT molecular complexity index is 674. The van der Waals surface area contributed by atoms with Gasteiger partial charge in [0.2, 0.25) is 0 Å². The molecule has 0 aliphatic carbocycles. The van der Waals surface area contributed by atoms with Crippen LogP contribution in [0.15, 0.2) is 30.5 Å². The summed E-state index contributed by atoms with van der Waals surface area (Å²) in [5.74, 6) is 0. The number of carbonyl (C=O) groups excluding carboxylic acids is 1. The van der Waals surface area contributed by atoms with Crippen molar-refractivity contribution in [2.45, 2.75) is 32.8 Å². The fourth-order valence-electron chi connectivity index (χ4n) is 2.57. The average Bonchev–Trinajstić information content (AvgIpc) is 2.81. The van der Waals surface area contributed by atoms with E-state index in [1.54, 1.807) is 11.1 Å². The summed E-state index contributed by atoms with van der Waals surface area (Å²) >= 11 is 0. The van der Waals surface area contributed by atoms with Crippen LogP contribution in [0.3, 0.4) is 0 Å². The van der Waals surface area contributed by atoms with E-state index in [9.17, 15) is 4.79 Å². The van der Waals surface area contributed by atoms with Crippen molar-refractivity contribution in [1.82, 2.24) is 4.98 Å². The van der Waals surface area contributed by atoms with E-state index in [-0.39, 0.29) is 6.09 Å². The largest absolute Gasteiger partial charge is 0.443 e. The second-order valence-electron chi connectivity index (χ2n) is 6.02. The minimum absolute atomic E-state index is 0.278. The molecule has 0 N–H and O–H groups in total. The highest BCUT2D eigenvalue weighted by Crippen LogP contribution is 2.34. The summed E-state index contributed by atoms with van der Waals surface area (Å²) < 4.78 is 5.46. The third kappa shape index (κ3) is 2.22. The molecule has 1 aromatic carbocycles. The molecular weight excluding hydrogens is 252 g/mol. The summed E-state index contributed by atoms with van der Waals surface area (Å²) in [6, 6.07) is 7.90. The number of ether oxygens (including phenoxy) is 1. The molecule has 0 bridgehead atoms. The lowest BCUT2D eigenvalue weighted by Gasteiger charge is -2.24. The van der Waals surface area contributed by atoms with E-state index < -0.39 is 5.60 Å². The van der Waals surface area contributed by atoms with Crippen molar-refractivity contribution in [3.63, 3.8) is 0 Å². The van der Waals surface area contributed by atoms with Crippen molar-refractivity contribution >= 4 is 22.7 Å². The minimum atomic E-state index is -0.474. The first-order valence-corrected chi connectivity index (χ1v) is 6.83. The number of amides is 1. The zero-order valence-electron chi connectivity index (χ0n) is 12.0. The summed E-state index contributed by atoms with van der Waals surface area (Å²) in [6.07, 6.45) is 2.35. The normalized spacial score (nSPS) is 14.4. The van der Waals surface area contributed by atoms with Gasteiger partial charge in [-0.15, -0.1) is 0 Å². The molecule has 1 amide bonds. The third-order valence-electron chi connectivity index (χ3n) is 3.36. The van der Waals surface area contributed by atoms with Gasteiger partial charge < -0.3 is 4.74 Å². The number of benzene rings is 1. The molecule has 1 aromatic heterocycles. The minimum Gasteiger partial charge on any atom is -0.443 e. The predicted molar refractivity (Wildman–Crippen MR) is 79.0 cm³/mol. The smallest absolute Gasteiger partial charge is 0.414 e. The van der Waals surface area contributed by atoms with Crippen molar-refractivity contribution in [3.8, 4) is 0 Å². The lowest BCUT2D eigenvalue weighted by Crippen LogP contribution is -2.35. The highest BCUT2D eigenvalue weighted by atomic mass is 16.6. The number of aromatic nitrogens is 1. The van der Waals surface area contributed by atoms with E-state index in [0.717, 1.165) is 23.0 Å². The summed E-state index contributed by atoms with van der Waals surface area (Å²) in [7, 11) is 0. The molecule has 4 nitrogen and oxygen atoms in total. The van der Waals surface area contributed by atoms with Gasteiger partial charge in [-0.1, -0.05) is 6.07 Å². The van der Waals surface area contributed by atoms with E-state index in [2.05, 4.69) is 11.1 Å². The second-order valence-corrected chi connectivity index (χ2v) is 6.02. The van der Waals surface area contributed by atoms with Crippen LogP contribution in [0.5, 0.6) is 0 Å². The lowest BCUT2D eigenvalue weighted by molar-refractivity contribution is 0.0584. The first kappa shape index (κ1) is 12.9. The molecule has 3 rings (SSSR count). The van der Waals surface area contributed by atoms with E-state index in [1.807, 2.05) is 39.0 Å². The van der Waals surface area contributed by atoms with E-state index in [1.165, 1.54) is 5.56 Å². The molecule has 20 heavy (non-hydrogen) atoms. The van der Waals surface area contributed by atoms with Crippen LogP contribution in [0.2, 0.25) is 0 Å². The molecular formula is C16H18N2O2. The number of hydrogen-bond donors (Lipinski definition) is 0. The van der Waals surface area contributed by atoms with Gasteiger partial charge in [-0.3, -0.25) is 9.88 Å². The Kier molecular flexibility index (Phi) is 2.89. The molecule has 2 aromatic rings. The highest BCUT2D eigenvalue weighted by Gasteiger charge is 2.29. The number of nitrogens with zero attached hydrogens (tertiary/aromatic N) is 2. The van der Waals surface area contributed by atoms with E-state index >= 15 is 0 Å². The summed E-state index contributed by atoms with van der Waals surface area (Å²) in [6.45, 7) is 6.31. The molecule has 0 spiro atoms. The van der Waals surface area contributed by atoms with Crippen LogP contribution in [-0.4, -0.2) is 23.2 Å². The molecule has 0 unspecified atom stereocenters. The quantitative estimate of drug-likeness (QED) is 0.735. The topological polar surface area (TPSA) is 42.4 Å². The monoisotopic (exact) mass is 270 g/mol. The first-order valence-electron chi connectivity index (χ1n) is 6.83. The van der Waals surface area contributed by atoms with Crippen molar-refractivity contribution in [2.75, 3.05) is 11.4 Å². The SMILES string of the molecule is CC(C)(C)OC(=O)N1CCc2c1ccc1ncccc21. The Balaban J connectivity index is 1.98. The third-order valence-corrected chi connectivity index (χ3v) is 3.36. The molecule has 0 saturated carbocycles. The summed E-state index contributed by atoms with van der Waals surface area (Å²) in [5.41, 5.74) is 2.62. The van der Waals surface area contributed by atoms with Gasteiger partial charge in [0.25, 0.3) is 0 Å². The summed E-state index contributed by atoms with van der Waals surface area (Å²) in [5, 5.41) is 1.12. The highest BCUT2D eigenvalue weighted by molar-refractivity contribution is 5.97. The number of rotatable bonds is 0. The second kappa shape index (κ2) is 4.47. The van der Waals surface area contributed by atoms with Crippen molar-refractivity contribution in [3.05, 3.63) is 36.0 Å². The maximum atomic E-state index is 12.2. The first-order chi connectivity index (χ1) is 9.46. The molecule has 4 heteroatoms. The van der Waals surface area contributed by atoms with E-state index in [4.69, 9.17) is 4.74 Å². The average molecular weight is 270 g/mol. The predicted octanol–water partition coefficient (Wildman–Crippen LogP) is 3.53. The Morgan fingerprint density at radius 2 is 2.10 bits per heavy atom. The van der Waals surface area contributed by atoms with Gasteiger partial charge in [0, 0.05) is 18.1 Å². The molecule has 0 atom stereocenters. The Morgan fingerprint density at radius 1 is 1.30 bits per heavy atom. The number of carbonyl (C=O) groups is 1. The zero-order valence-corrected chi connectivity index (χ0v) is 12.0. The van der Waals surface area contributed by atoms with Crippen molar-refractivity contribution < 1.29 is 9.53 Å². The molecule has 1 aliphatic rings. The number of pyridine rings is 1. The van der Waals surface area contributed by atoms with Gasteiger partial charge >= 0.3 is 6.09 Å². The van der Waals surface area contributed by atoms with Crippen LogP contribution in [0.4, 0.5) is 10.5 Å². The Morgan fingerprint density at radius 3 is 2.85 bits per heavy atom. The van der Waals surface area contributed by atoms with Gasteiger partial charge in [0.15, 0.2) is 0 Å². The Labute approximate surface area is 118 Å². The molecule has 0 saturated heterocycles. The van der Waals surface area contributed by atoms with Crippen LogP contribution in [-0.2, 0) is 11.2 Å². The van der Waals surface area contributed by atoms with Gasteiger partial charge in [-0.25, -0.2) is 4.79 Å². The van der Waals surface area contributed by atoms with Gasteiger partial charge in [0.1, 0.15) is 5.60 Å². The summed E-state index contributed by atoms with van der Waals surface area (Å²) in [4.78, 5) is 18.3. The van der Waals surface area contributed by atoms with Crippen molar-refractivity contribution in [1.29, 1.82) is 0 Å². The molecule has 0 fully saturated rings. The van der Waals surface area contributed by atoms with Crippen LogP contribution in [0.1, 0.15) is 26.3 Å². The molecule has 1 aliphatic heterocycles. The number of hydrogen-bond acceptors (Lipinski definition) is 3. The standard InChI is InChI=1S/C16H18N2O2/c1-16(2,3)20-15(19)18-10-8-12-11-5-4-9-17-13(11)6-7-14(12)18/h4-7,9H,8,10H2,1-3H3. The maximum Gasteiger partial charge on any atom is 0.414 e.